The highest BCUT2D eigenvalue weighted by Crippen LogP contribution is 2.59. The van der Waals surface area contributed by atoms with Gasteiger partial charge in [-0.05, 0) is 58.0 Å². The standard InChI is InChI=1S/C36H29FO3/c1-35(2)29-19-24(37)15-16-25(29)32-27-20-30(38-3)31(39-4)21-28(27)34-26(33(32)35)17-18-36(40-34,22-11-7-5-8-12-22)23-13-9-6-10-14-23/h5-21H,1-4H3. The minimum atomic E-state index is -0.842. The first-order chi connectivity index (χ1) is 19.4. The number of halogens is 1. The third kappa shape index (κ3) is 3.29. The largest absolute Gasteiger partial charge is 0.493 e. The molecular weight excluding hydrogens is 499 g/mol. The van der Waals surface area contributed by atoms with Crippen LogP contribution in [0.1, 0.15) is 41.7 Å². The lowest BCUT2D eigenvalue weighted by molar-refractivity contribution is 0.163. The van der Waals surface area contributed by atoms with Crippen LogP contribution in [0.25, 0.3) is 28.0 Å². The van der Waals surface area contributed by atoms with Gasteiger partial charge in [0, 0.05) is 27.5 Å². The van der Waals surface area contributed by atoms with Crippen LogP contribution in [0, 0.1) is 5.82 Å². The Morgan fingerprint density at radius 1 is 0.725 bits per heavy atom. The third-order valence-electron chi connectivity index (χ3n) is 8.50. The van der Waals surface area contributed by atoms with Gasteiger partial charge < -0.3 is 14.2 Å². The van der Waals surface area contributed by atoms with Crippen LogP contribution in [-0.4, -0.2) is 14.2 Å². The summed E-state index contributed by atoms with van der Waals surface area (Å²) in [5.74, 6) is 1.79. The maximum atomic E-state index is 14.6. The Labute approximate surface area is 233 Å². The zero-order valence-electron chi connectivity index (χ0n) is 22.9. The van der Waals surface area contributed by atoms with Gasteiger partial charge in [0.15, 0.2) is 17.1 Å². The molecule has 0 radical (unpaired) electrons. The molecule has 1 aliphatic heterocycles. The minimum Gasteiger partial charge on any atom is -0.493 e. The molecule has 0 bridgehead atoms. The summed E-state index contributed by atoms with van der Waals surface area (Å²) in [6, 6.07) is 29.7. The molecular formula is C36H29FO3. The van der Waals surface area contributed by atoms with E-state index in [0.29, 0.717) is 11.5 Å². The van der Waals surface area contributed by atoms with Crippen molar-refractivity contribution in [1.82, 2.24) is 0 Å². The first kappa shape index (κ1) is 24.5. The lowest BCUT2D eigenvalue weighted by Gasteiger charge is -2.38. The molecule has 1 heterocycles. The normalized spacial score (nSPS) is 15.6. The Morgan fingerprint density at radius 2 is 1.32 bits per heavy atom. The summed E-state index contributed by atoms with van der Waals surface area (Å²) in [6.07, 6.45) is 4.35. The van der Waals surface area contributed by atoms with Crippen molar-refractivity contribution in [2.24, 2.45) is 0 Å². The van der Waals surface area contributed by atoms with E-state index in [2.05, 4.69) is 50.3 Å². The molecule has 0 spiro atoms. The highest BCUT2D eigenvalue weighted by molar-refractivity contribution is 6.09. The van der Waals surface area contributed by atoms with Gasteiger partial charge >= 0.3 is 0 Å². The van der Waals surface area contributed by atoms with Crippen LogP contribution >= 0.6 is 0 Å². The molecule has 0 saturated carbocycles. The molecule has 3 nitrogen and oxygen atoms in total. The SMILES string of the molecule is COc1cc2c3c(c4c(c2cc1OC)-c1ccc(F)cc1C4(C)C)C=CC(c1ccccc1)(c1ccccc1)O3. The first-order valence-corrected chi connectivity index (χ1v) is 13.4. The van der Waals surface area contributed by atoms with Gasteiger partial charge in [-0.3, -0.25) is 0 Å². The lowest BCUT2D eigenvalue weighted by atomic mass is 9.76. The van der Waals surface area contributed by atoms with E-state index in [9.17, 15) is 4.39 Å². The summed E-state index contributed by atoms with van der Waals surface area (Å²) in [7, 11) is 3.29. The molecule has 4 heteroatoms. The number of hydrogen-bond acceptors (Lipinski definition) is 3. The third-order valence-corrected chi connectivity index (χ3v) is 8.50. The van der Waals surface area contributed by atoms with Crippen molar-refractivity contribution in [3.05, 3.63) is 131 Å². The molecule has 40 heavy (non-hydrogen) atoms. The van der Waals surface area contributed by atoms with Gasteiger partial charge in [0.1, 0.15) is 11.6 Å². The number of hydrogen-bond donors (Lipinski definition) is 0. The number of benzene rings is 5. The van der Waals surface area contributed by atoms with Crippen molar-refractivity contribution in [1.29, 1.82) is 0 Å². The Kier molecular flexibility index (Phi) is 5.33. The molecule has 0 amide bonds. The predicted octanol–water partition coefficient (Wildman–Crippen LogP) is 8.65. The van der Waals surface area contributed by atoms with Crippen molar-refractivity contribution >= 4 is 16.8 Å². The topological polar surface area (TPSA) is 27.7 Å². The maximum absolute atomic E-state index is 14.6. The zero-order valence-corrected chi connectivity index (χ0v) is 22.9. The molecule has 0 atom stereocenters. The number of rotatable bonds is 4. The van der Waals surface area contributed by atoms with Crippen molar-refractivity contribution in [2.45, 2.75) is 24.9 Å². The molecule has 1 aliphatic carbocycles. The van der Waals surface area contributed by atoms with Crippen LogP contribution in [0.4, 0.5) is 4.39 Å². The summed E-state index contributed by atoms with van der Waals surface area (Å²) in [6.45, 7) is 4.32. The van der Waals surface area contributed by atoms with E-state index in [1.807, 2.05) is 54.6 Å². The molecule has 0 unspecified atom stereocenters. The van der Waals surface area contributed by atoms with Crippen LogP contribution in [0.15, 0.2) is 97.1 Å². The van der Waals surface area contributed by atoms with Crippen molar-refractivity contribution in [3.8, 4) is 28.4 Å². The Bertz CT molecular complexity index is 1780. The van der Waals surface area contributed by atoms with Crippen molar-refractivity contribution in [2.75, 3.05) is 14.2 Å². The Balaban J connectivity index is 1.61. The second-order valence-corrected chi connectivity index (χ2v) is 11.0. The monoisotopic (exact) mass is 528 g/mol. The van der Waals surface area contributed by atoms with E-state index in [1.165, 1.54) is 6.07 Å². The van der Waals surface area contributed by atoms with Gasteiger partial charge in [-0.25, -0.2) is 4.39 Å². The minimum absolute atomic E-state index is 0.240. The van der Waals surface area contributed by atoms with E-state index >= 15 is 0 Å². The van der Waals surface area contributed by atoms with Crippen molar-refractivity contribution in [3.63, 3.8) is 0 Å². The molecule has 198 valence electrons. The number of fused-ring (bicyclic) bond motifs is 8. The fraction of sp³-hybridized carbons (Fsp3) is 0.167. The summed E-state index contributed by atoms with van der Waals surface area (Å²) >= 11 is 0. The predicted molar refractivity (Wildman–Crippen MR) is 158 cm³/mol. The lowest BCUT2D eigenvalue weighted by Crippen LogP contribution is -2.35. The van der Waals surface area contributed by atoms with E-state index in [-0.39, 0.29) is 5.82 Å². The van der Waals surface area contributed by atoms with E-state index in [0.717, 1.165) is 55.5 Å². The number of methoxy groups -OCH3 is 2. The van der Waals surface area contributed by atoms with Gasteiger partial charge in [0.2, 0.25) is 0 Å². The summed E-state index contributed by atoms with van der Waals surface area (Å²) in [5, 5.41) is 1.90. The van der Waals surface area contributed by atoms with Crippen LogP contribution in [0.3, 0.4) is 0 Å². The molecule has 0 N–H and O–H groups in total. The maximum Gasteiger partial charge on any atom is 0.178 e. The molecule has 0 aromatic heterocycles. The molecule has 7 rings (SSSR count). The highest BCUT2D eigenvalue weighted by Gasteiger charge is 2.44. The molecule has 5 aromatic rings. The molecule has 0 fully saturated rings. The Hall–Kier alpha value is -4.57. The van der Waals surface area contributed by atoms with Crippen LogP contribution in [-0.2, 0) is 11.0 Å². The van der Waals surface area contributed by atoms with Crippen LogP contribution < -0.4 is 14.2 Å². The van der Waals surface area contributed by atoms with E-state index in [1.54, 1.807) is 20.3 Å². The molecule has 0 saturated heterocycles. The zero-order chi connectivity index (χ0) is 27.6. The fourth-order valence-electron chi connectivity index (χ4n) is 6.63. The second-order valence-electron chi connectivity index (χ2n) is 11.0. The van der Waals surface area contributed by atoms with Gasteiger partial charge in [-0.1, -0.05) is 86.7 Å². The van der Waals surface area contributed by atoms with Crippen LogP contribution in [0.5, 0.6) is 17.2 Å². The quantitative estimate of drug-likeness (QED) is 0.234. The molecule has 5 aromatic carbocycles. The van der Waals surface area contributed by atoms with Gasteiger partial charge in [-0.2, -0.15) is 0 Å². The summed E-state index contributed by atoms with van der Waals surface area (Å²) < 4.78 is 33.4. The van der Waals surface area contributed by atoms with E-state index < -0.39 is 11.0 Å². The smallest absolute Gasteiger partial charge is 0.178 e. The van der Waals surface area contributed by atoms with E-state index in [4.69, 9.17) is 14.2 Å². The second kappa shape index (κ2) is 8.72. The van der Waals surface area contributed by atoms with Crippen LogP contribution in [0.2, 0.25) is 0 Å². The summed E-state index contributed by atoms with van der Waals surface area (Å²) in [5.41, 5.74) is 5.95. The van der Waals surface area contributed by atoms with Gasteiger partial charge in [0.25, 0.3) is 0 Å². The van der Waals surface area contributed by atoms with Gasteiger partial charge in [-0.15, -0.1) is 0 Å². The van der Waals surface area contributed by atoms with Crippen molar-refractivity contribution < 1.29 is 18.6 Å². The summed E-state index contributed by atoms with van der Waals surface area (Å²) in [4.78, 5) is 0. The van der Waals surface area contributed by atoms with Gasteiger partial charge in [0.05, 0.1) is 14.2 Å². The molecule has 2 aliphatic rings. The average molecular weight is 529 g/mol. The first-order valence-electron chi connectivity index (χ1n) is 13.4. The number of ether oxygens (including phenoxy) is 3. The Morgan fingerprint density at radius 3 is 1.93 bits per heavy atom. The highest BCUT2D eigenvalue weighted by atomic mass is 19.1. The average Bonchev–Trinajstić information content (AvgIpc) is 3.23. The fourth-order valence-corrected chi connectivity index (χ4v) is 6.63.